The number of hydrogen-bond donors (Lipinski definition) is 1. The molecule has 2 aliphatic rings. The first kappa shape index (κ1) is 10.5. The highest BCUT2D eigenvalue weighted by atomic mass is 14.9. The fraction of sp³-hybridized carbons (Fsp3) is 1.00. The number of hydrogen-bond acceptors (Lipinski definition) is 1. The maximum atomic E-state index is 3.66. The Labute approximate surface area is 88.7 Å². The molecule has 0 aromatic heterocycles. The number of nitrogens with one attached hydrogen (secondary N) is 1. The minimum Gasteiger partial charge on any atom is -0.316 e. The van der Waals surface area contributed by atoms with Crippen LogP contribution < -0.4 is 5.32 Å². The summed E-state index contributed by atoms with van der Waals surface area (Å²) in [5, 5.41) is 3.66. The molecule has 1 heteroatoms. The molecule has 2 bridgehead atoms. The van der Waals surface area contributed by atoms with Gasteiger partial charge in [-0.25, -0.2) is 0 Å². The molecule has 2 rings (SSSR count). The molecular formula is C13H25N. The monoisotopic (exact) mass is 195 g/mol. The molecule has 82 valence electrons. The Morgan fingerprint density at radius 1 is 1.29 bits per heavy atom. The molecule has 0 radical (unpaired) electrons. The van der Waals surface area contributed by atoms with E-state index in [9.17, 15) is 0 Å². The van der Waals surface area contributed by atoms with Crippen molar-refractivity contribution in [3.8, 4) is 0 Å². The van der Waals surface area contributed by atoms with Gasteiger partial charge in [0.2, 0.25) is 0 Å². The van der Waals surface area contributed by atoms with Crippen LogP contribution in [0.3, 0.4) is 0 Å². The molecular weight excluding hydrogens is 170 g/mol. The minimum absolute atomic E-state index is 0.855. The van der Waals surface area contributed by atoms with Crippen molar-refractivity contribution in [2.45, 2.75) is 46.0 Å². The van der Waals surface area contributed by atoms with Crippen LogP contribution in [0.25, 0.3) is 0 Å². The first-order valence-corrected chi connectivity index (χ1v) is 6.50. The highest BCUT2D eigenvalue weighted by molar-refractivity contribution is 4.90. The summed E-state index contributed by atoms with van der Waals surface area (Å²) in [6.45, 7) is 7.15. The van der Waals surface area contributed by atoms with Crippen LogP contribution in [0.1, 0.15) is 46.0 Å². The van der Waals surface area contributed by atoms with Crippen LogP contribution in [0.4, 0.5) is 0 Å². The van der Waals surface area contributed by atoms with E-state index in [-0.39, 0.29) is 0 Å². The Morgan fingerprint density at radius 3 is 2.71 bits per heavy atom. The molecule has 0 amide bonds. The molecule has 14 heavy (non-hydrogen) atoms. The van der Waals surface area contributed by atoms with Gasteiger partial charge in [0.1, 0.15) is 0 Å². The summed E-state index contributed by atoms with van der Waals surface area (Å²) in [4.78, 5) is 0. The summed E-state index contributed by atoms with van der Waals surface area (Å²) in [5.41, 5.74) is 0. The van der Waals surface area contributed by atoms with Crippen LogP contribution in [0.2, 0.25) is 0 Å². The standard InChI is InChI=1S/C13H25N/c1-3-10(2)8-14-9-13-7-11-4-5-12(13)6-11/h10-14H,3-9H2,1-2H3. The second-order valence-electron chi connectivity index (χ2n) is 5.61. The molecule has 4 unspecified atom stereocenters. The van der Waals surface area contributed by atoms with E-state index in [1.807, 2.05) is 0 Å². The lowest BCUT2D eigenvalue weighted by Crippen LogP contribution is -2.29. The Morgan fingerprint density at radius 2 is 2.14 bits per heavy atom. The molecule has 0 spiro atoms. The van der Waals surface area contributed by atoms with Gasteiger partial charge in [0, 0.05) is 0 Å². The summed E-state index contributed by atoms with van der Waals surface area (Å²) in [5.74, 6) is 4.08. The summed E-state index contributed by atoms with van der Waals surface area (Å²) < 4.78 is 0. The van der Waals surface area contributed by atoms with E-state index >= 15 is 0 Å². The van der Waals surface area contributed by atoms with E-state index < -0.39 is 0 Å². The maximum absolute atomic E-state index is 3.66. The van der Waals surface area contributed by atoms with Gasteiger partial charge in [0.05, 0.1) is 0 Å². The fourth-order valence-corrected chi connectivity index (χ4v) is 3.29. The third-order valence-electron chi connectivity index (χ3n) is 4.48. The fourth-order valence-electron chi connectivity index (χ4n) is 3.29. The van der Waals surface area contributed by atoms with Crippen LogP contribution in [0.15, 0.2) is 0 Å². The zero-order valence-corrected chi connectivity index (χ0v) is 9.76. The Hall–Kier alpha value is -0.0400. The van der Waals surface area contributed by atoms with Crippen molar-refractivity contribution in [1.82, 2.24) is 5.32 Å². The lowest BCUT2D eigenvalue weighted by molar-refractivity contribution is 0.312. The van der Waals surface area contributed by atoms with E-state index in [0.29, 0.717) is 0 Å². The smallest absolute Gasteiger partial charge is 0.00176 e. The third-order valence-corrected chi connectivity index (χ3v) is 4.48. The van der Waals surface area contributed by atoms with Crippen LogP contribution in [-0.2, 0) is 0 Å². The zero-order valence-electron chi connectivity index (χ0n) is 9.76. The van der Waals surface area contributed by atoms with Gasteiger partial charge in [-0.2, -0.15) is 0 Å². The molecule has 2 saturated carbocycles. The predicted octanol–water partition coefficient (Wildman–Crippen LogP) is 3.06. The summed E-state index contributed by atoms with van der Waals surface area (Å²) in [7, 11) is 0. The third kappa shape index (κ3) is 2.31. The van der Waals surface area contributed by atoms with Crippen LogP contribution in [0, 0.1) is 23.7 Å². The van der Waals surface area contributed by atoms with Gasteiger partial charge in [-0.15, -0.1) is 0 Å². The summed E-state index contributed by atoms with van der Waals surface area (Å²) >= 11 is 0. The highest BCUT2D eigenvalue weighted by Gasteiger charge is 2.38. The first-order chi connectivity index (χ1) is 6.79. The van der Waals surface area contributed by atoms with E-state index in [0.717, 1.165) is 23.7 Å². The minimum atomic E-state index is 0.855. The SMILES string of the molecule is CCC(C)CNCC1CC2CCC1C2. The lowest BCUT2D eigenvalue weighted by Gasteiger charge is -2.22. The van der Waals surface area contributed by atoms with Crippen LogP contribution in [-0.4, -0.2) is 13.1 Å². The van der Waals surface area contributed by atoms with Crippen molar-refractivity contribution in [3.63, 3.8) is 0 Å². The molecule has 0 aliphatic heterocycles. The second-order valence-corrected chi connectivity index (χ2v) is 5.61. The summed E-state index contributed by atoms with van der Waals surface area (Å²) in [6.07, 6.45) is 7.45. The van der Waals surface area contributed by atoms with E-state index in [4.69, 9.17) is 0 Å². The van der Waals surface area contributed by atoms with Crippen molar-refractivity contribution >= 4 is 0 Å². The van der Waals surface area contributed by atoms with Crippen LogP contribution >= 0.6 is 0 Å². The average Bonchev–Trinajstić information content (AvgIpc) is 2.79. The molecule has 0 aromatic rings. The normalized spacial score (nSPS) is 37.7. The average molecular weight is 195 g/mol. The van der Waals surface area contributed by atoms with Crippen molar-refractivity contribution < 1.29 is 0 Å². The Bertz CT molecular complexity index is 178. The second kappa shape index (κ2) is 4.65. The lowest BCUT2D eigenvalue weighted by atomic mass is 9.89. The molecule has 4 atom stereocenters. The van der Waals surface area contributed by atoms with E-state index in [1.165, 1.54) is 38.8 Å². The first-order valence-electron chi connectivity index (χ1n) is 6.50. The van der Waals surface area contributed by atoms with Gasteiger partial charge in [0.25, 0.3) is 0 Å². The highest BCUT2D eigenvalue weighted by Crippen LogP contribution is 2.47. The van der Waals surface area contributed by atoms with Crippen molar-refractivity contribution in [2.24, 2.45) is 23.7 Å². The van der Waals surface area contributed by atoms with Gasteiger partial charge in [-0.05, 0) is 56.0 Å². The Kier molecular flexibility index (Phi) is 3.48. The quantitative estimate of drug-likeness (QED) is 0.711. The van der Waals surface area contributed by atoms with E-state index in [1.54, 1.807) is 6.42 Å². The maximum Gasteiger partial charge on any atom is -0.00176 e. The molecule has 2 aliphatic carbocycles. The molecule has 0 heterocycles. The molecule has 0 aromatic carbocycles. The topological polar surface area (TPSA) is 12.0 Å². The zero-order chi connectivity index (χ0) is 9.97. The summed E-state index contributed by atoms with van der Waals surface area (Å²) in [6, 6.07) is 0. The van der Waals surface area contributed by atoms with Gasteiger partial charge >= 0.3 is 0 Å². The predicted molar refractivity (Wildman–Crippen MR) is 61.3 cm³/mol. The van der Waals surface area contributed by atoms with Gasteiger partial charge in [-0.1, -0.05) is 26.7 Å². The molecule has 1 nitrogen and oxygen atoms in total. The van der Waals surface area contributed by atoms with Crippen molar-refractivity contribution in [3.05, 3.63) is 0 Å². The molecule has 0 saturated heterocycles. The number of fused-ring (bicyclic) bond motifs is 2. The van der Waals surface area contributed by atoms with Gasteiger partial charge < -0.3 is 5.32 Å². The van der Waals surface area contributed by atoms with Gasteiger partial charge in [-0.3, -0.25) is 0 Å². The Balaban J connectivity index is 1.62. The van der Waals surface area contributed by atoms with Gasteiger partial charge in [0.15, 0.2) is 0 Å². The van der Waals surface area contributed by atoms with Crippen molar-refractivity contribution in [1.29, 1.82) is 0 Å². The largest absolute Gasteiger partial charge is 0.316 e. The van der Waals surface area contributed by atoms with Crippen LogP contribution in [0.5, 0.6) is 0 Å². The van der Waals surface area contributed by atoms with E-state index in [2.05, 4.69) is 19.2 Å². The van der Waals surface area contributed by atoms with Crippen molar-refractivity contribution in [2.75, 3.05) is 13.1 Å². The number of rotatable bonds is 5. The molecule has 1 N–H and O–H groups in total. The molecule has 2 fully saturated rings.